The fourth-order valence-corrected chi connectivity index (χ4v) is 3.74. The molecule has 1 aromatic rings. The molecular formula is C18H26FIN4. The van der Waals surface area contributed by atoms with Crippen molar-refractivity contribution in [3.8, 4) is 0 Å². The Morgan fingerprint density at radius 3 is 2.29 bits per heavy atom. The number of hydrogen-bond acceptors (Lipinski definition) is 2. The maximum absolute atomic E-state index is 13.0. The molecule has 2 N–H and O–H groups in total. The Morgan fingerprint density at radius 1 is 1.12 bits per heavy atom. The number of rotatable bonds is 4. The molecule has 3 aliphatic rings. The van der Waals surface area contributed by atoms with Gasteiger partial charge < -0.3 is 15.5 Å². The van der Waals surface area contributed by atoms with Crippen molar-refractivity contribution < 1.29 is 4.39 Å². The Bertz CT molecular complexity index is 588. The lowest BCUT2D eigenvalue weighted by atomic mass is 10.0. The predicted molar refractivity (Wildman–Crippen MR) is 106 cm³/mol. The van der Waals surface area contributed by atoms with Crippen LogP contribution in [0, 0.1) is 17.2 Å². The van der Waals surface area contributed by atoms with Crippen LogP contribution in [0.3, 0.4) is 0 Å². The lowest BCUT2D eigenvalue weighted by molar-refractivity contribution is 0.376. The third-order valence-corrected chi connectivity index (χ3v) is 5.69. The minimum Gasteiger partial charge on any atom is -0.370 e. The molecule has 0 amide bonds. The van der Waals surface area contributed by atoms with E-state index in [-0.39, 0.29) is 29.8 Å². The number of hydrogen-bond donors (Lipinski definition) is 1. The minimum absolute atomic E-state index is 0. The van der Waals surface area contributed by atoms with Crippen LogP contribution in [0.5, 0.6) is 0 Å². The largest absolute Gasteiger partial charge is 0.370 e. The predicted octanol–water partition coefficient (Wildman–Crippen LogP) is 3.07. The van der Waals surface area contributed by atoms with Gasteiger partial charge in [0.1, 0.15) is 5.82 Å². The maximum atomic E-state index is 13.0. The summed E-state index contributed by atoms with van der Waals surface area (Å²) < 4.78 is 13.0. The molecule has 2 saturated carbocycles. The molecule has 1 heterocycles. The standard InChI is InChI=1S/C18H25FN4.HI/c19-15-3-5-16(6-4-15)22-9-11-23(12-10-22)17(20)21-13-18(7-8-18)14-1-2-14;/h3-6,14H,1-2,7-13H2,(H2,20,21);1H. The molecule has 0 aromatic heterocycles. The van der Waals surface area contributed by atoms with E-state index in [0.717, 1.165) is 44.3 Å². The van der Waals surface area contributed by atoms with E-state index in [4.69, 9.17) is 10.7 Å². The molecule has 6 heteroatoms. The summed E-state index contributed by atoms with van der Waals surface area (Å²) in [5.41, 5.74) is 7.81. The summed E-state index contributed by atoms with van der Waals surface area (Å²) in [5.74, 6) is 1.44. The molecule has 1 aromatic carbocycles. The van der Waals surface area contributed by atoms with E-state index >= 15 is 0 Å². The van der Waals surface area contributed by atoms with E-state index in [1.165, 1.54) is 37.8 Å². The zero-order chi connectivity index (χ0) is 15.9. The Labute approximate surface area is 160 Å². The summed E-state index contributed by atoms with van der Waals surface area (Å²) in [6, 6.07) is 6.72. The van der Waals surface area contributed by atoms with Crippen LogP contribution in [-0.2, 0) is 0 Å². The molecule has 0 atom stereocenters. The van der Waals surface area contributed by atoms with Crippen molar-refractivity contribution in [3.63, 3.8) is 0 Å². The molecule has 0 spiro atoms. The number of aliphatic imine (C=N–C) groups is 1. The van der Waals surface area contributed by atoms with Gasteiger partial charge in [-0.15, -0.1) is 24.0 Å². The third-order valence-electron chi connectivity index (χ3n) is 5.69. The molecule has 24 heavy (non-hydrogen) atoms. The third kappa shape index (κ3) is 3.78. The lowest BCUT2D eigenvalue weighted by Gasteiger charge is -2.36. The van der Waals surface area contributed by atoms with Crippen LogP contribution in [0.15, 0.2) is 29.3 Å². The summed E-state index contributed by atoms with van der Waals surface area (Å²) in [4.78, 5) is 9.16. The van der Waals surface area contributed by atoms with Crippen LogP contribution < -0.4 is 10.6 Å². The van der Waals surface area contributed by atoms with Crippen molar-refractivity contribution in [2.75, 3.05) is 37.6 Å². The number of nitrogens with zero attached hydrogens (tertiary/aromatic N) is 3. The number of guanidine groups is 1. The number of piperazine rings is 1. The van der Waals surface area contributed by atoms with Crippen molar-refractivity contribution >= 4 is 35.6 Å². The first kappa shape index (κ1) is 17.8. The van der Waals surface area contributed by atoms with Gasteiger partial charge in [0.15, 0.2) is 5.96 Å². The summed E-state index contributed by atoms with van der Waals surface area (Å²) in [6.07, 6.45) is 5.47. The zero-order valence-electron chi connectivity index (χ0n) is 14.0. The highest BCUT2D eigenvalue weighted by atomic mass is 127. The van der Waals surface area contributed by atoms with Crippen molar-refractivity contribution in [1.29, 1.82) is 0 Å². The summed E-state index contributed by atoms with van der Waals surface area (Å²) >= 11 is 0. The van der Waals surface area contributed by atoms with Gasteiger partial charge >= 0.3 is 0 Å². The Kier molecular flexibility index (Phi) is 5.22. The highest BCUT2D eigenvalue weighted by Crippen LogP contribution is 2.61. The first-order valence-corrected chi connectivity index (χ1v) is 8.72. The number of nitrogens with two attached hydrogens (primary N) is 1. The lowest BCUT2D eigenvalue weighted by Crippen LogP contribution is -2.51. The van der Waals surface area contributed by atoms with Crippen LogP contribution in [0.2, 0.25) is 0 Å². The number of benzene rings is 1. The molecule has 132 valence electrons. The van der Waals surface area contributed by atoms with Gasteiger partial charge in [-0.05, 0) is 61.3 Å². The van der Waals surface area contributed by atoms with E-state index in [2.05, 4.69) is 9.80 Å². The van der Waals surface area contributed by atoms with E-state index < -0.39 is 0 Å². The van der Waals surface area contributed by atoms with Gasteiger partial charge in [0, 0.05) is 38.4 Å². The first-order chi connectivity index (χ1) is 11.2. The molecule has 4 rings (SSSR count). The number of halogens is 2. The fraction of sp³-hybridized carbons (Fsp3) is 0.611. The molecule has 0 unspecified atom stereocenters. The van der Waals surface area contributed by atoms with E-state index in [9.17, 15) is 4.39 Å². The average molecular weight is 444 g/mol. The van der Waals surface area contributed by atoms with Crippen LogP contribution >= 0.6 is 24.0 Å². The normalized spacial score (nSPS) is 23.0. The van der Waals surface area contributed by atoms with Gasteiger partial charge in [-0.2, -0.15) is 0 Å². The van der Waals surface area contributed by atoms with Crippen molar-refractivity contribution in [2.45, 2.75) is 25.7 Å². The quantitative estimate of drug-likeness (QED) is 0.441. The molecule has 1 aliphatic heterocycles. The van der Waals surface area contributed by atoms with Gasteiger partial charge in [-0.1, -0.05) is 0 Å². The molecule has 1 saturated heterocycles. The van der Waals surface area contributed by atoms with Crippen LogP contribution in [0.25, 0.3) is 0 Å². The zero-order valence-corrected chi connectivity index (χ0v) is 16.3. The van der Waals surface area contributed by atoms with Crippen molar-refractivity contribution in [3.05, 3.63) is 30.1 Å². The SMILES string of the molecule is I.NC(=NCC1(C2CC2)CC1)N1CCN(c2ccc(F)cc2)CC1. The minimum atomic E-state index is -0.187. The molecule has 2 aliphatic carbocycles. The van der Waals surface area contributed by atoms with Crippen molar-refractivity contribution in [2.24, 2.45) is 22.1 Å². The van der Waals surface area contributed by atoms with Gasteiger partial charge in [0.2, 0.25) is 0 Å². The molecule has 0 radical (unpaired) electrons. The van der Waals surface area contributed by atoms with E-state index in [0.29, 0.717) is 11.4 Å². The summed E-state index contributed by atoms with van der Waals surface area (Å²) in [5, 5.41) is 0. The second-order valence-electron chi connectivity index (χ2n) is 7.26. The molecule has 3 fully saturated rings. The van der Waals surface area contributed by atoms with Gasteiger partial charge in [-0.25, -0.2) is 4.39 Å². The van der Waals surface area contributed by atoms with Gasteiger partial charge in [0.05, 0.1) is 0 Å². The van der Waals surface area contributed by atoms with E-state index in [1.807, 2.05) is 12.1 Å². The first-order valence-electron chi connectivity index (χ1n) is 8.72. The highest BCUT2D eigenvalue weighted by Gasteiger charge is 2.53. The Morgan fingerprint density at radius 2 is 1.75 bits per heavy atom. The van der Waals surface area contributed by atoms with Crippen molar-refractivity contribution in [1.82, 2.24) is 4.90 Å². The molecule has 0 bridgehead atoms. The van der Waals surface area contributed by atoms with Crippen LogP contribution in [0.1, 0.15) is 25.7 Å². The number of anilines is 1. The van der Waals surface area contributed by atoms with Crippen LogP contribution in [-0.4, -0.2) is 43.6 Å². The van der Waals surface area contributed by atoms with E-state index in [1.54, 1.807) is 0 Å². The Hall–Kier alpha value is -1.05. The van der Waals surface area contributed by atoms with Gasteiger partial charge in [-0.3, -0.25) is 4.99 Å². The summed E-state index contributed by atoms with van der Waals surface area (Å²) in [6.45, 7) is 4.47. The fourth-order valence-electron chi connectivity index (χ4n) is 3.74. The Balaban J connectivity index is 0.00000169. The molecule has 4 nitrogen and oxygen atoms in total. The second-order valence-corrected chi connectivity index (χ2v) is 7.26. The maximum Gasteiger partial charge on any atom is 0.191 e. The topological polar surface area (TPSA) is 44.9 Å². The van der Waals surface area contributed by atoms with Gasteiger partial charge in [0.25, 0.3) is 0 Å². The highest BCUT2D eigenvalue weighted by molar-refractivity contribution is 14.0. The van der Waals surface area contributed by atoms with Crippen LogP contribution in [0.4, 0.5) is 10.1 Å². The second kappa shape index (κ2) is 7.06. The molecular weight excluding hydrogens is 418 g/mol. The summed E-state index contributed by atoms with van der Waals surface area (Å²) in [7, 11) is 0. The monoisotopic (exact) mass is 444 g/mol. The smallest absolute Gasteiger partial charge is 0.191 e. The average Bonchev–Trinajstić information content (AvgIpc) is 3.47.